The van der Waals surface area contributed by atoms with Gasteiger partial charge in [0.05, 0.1) is 19.1 Å². The summed E-state index contributed by atoms with van der Waals surface area (Å²) in [7, 11) is -3.60. The second kappa shape index (κ2) is 24.7. The molecule has 10 nitrogen and oxygen atoms in total. The van der Waals surface area contributed by atoms with Crippen LogP contribution in [0.25, 0.3) is 0 Å². The van der Waals surface area contributed by atoms with Crippen LogP contribution in [0.4, 0.5) is 0 Å². The zero-order valence-corrected chi connectivity index (χ0v) is 32.5. The van der Waals surface area contributed by atoms with Crippen LogP contribution in [-0.4, -0.2) is 43.4 Å². The van der Waals surface area contributed by atoms with Crippen LogP contribution < -0.4 is 0 Å². The molecule has 4 aromatic carbocycles. The van der Waals surface area contributed by atoms with E-state index in [1.165, 1.54) is 0 Å². The van der Waals surface area contributed by atoms with Gasteiger partial charge in [0.2, 0.25) is 7.37 Å². The smallest absolute Gasteiger partial charge is 0.309 e. The molecule has 4 rings (SSSR count). The molecule has 0 aliphatic carbocycles. The van der Waals surface area contributed by atoms with Crippen LogP contribution in [0.15, 0.2) is 121 Å². The van der Waals surface area contributed by atoms with Crippen molar-refractivity contribution in [2.45, 2.75) is 71.9 Å². The summed E-state index contributed by atoms with van der Waals surface area (Å²) in [5, 5.41) is 0. The molecule has 11 heteroatoms. The first kappa shape index (κ1) is 43.1. The number of carbonyl (C=O) groups excluding carboxylic acids is 3. The molecule has 294 valence electrons. The summed E-state index contributed by atoms with van der Waals surface area (Å²) in [5.41, 5.74) is 3.42. The van der Waals surface area contributed by atoms with Crippen LogP contribution in [0.1, 0.15) is 67.7 Å². The standard InChI is InChI=1S/C44H53O10P/c1-2-3-28-54-55(48,34-40(33-53-52-32-39-22-14-7-15-23-39)24-26-42(45)49-29-36-16-8-4-9-17-36)35-41(44(47)51-31-38-20-12-6-13-21-38)25-27-43(46)50-30-37-18-10-5-11-19-37/h4-23,40-41H,2-3,24-35H2,1H3. The highest BCUT2D eigenvalue weighted by Crippen LogP contribution is 2.52. The minimum absolute atomic E-state index is 0.0122. The van der Waals surface area contributed by atoms with Crippen LogP contribution in [0.3, 0.4) is 0 Å². The number of ether oxygens (including phenoxy) is 3. The van der Waals surface area contributed by atoms with Gasteiger partial charge in [-0.1, -0.05) is 135 Å². The lowest BCUT2D eigenvalue weighted by Gasteiger charge is -2.27. The Kier molecular flexibility index (Phi) is 19.4. The molecule has 0 saturated carbocycles. The van der Waals surface area contributed by atoms with Gasteiger partial charge in [-0.05, 0) is 47.4 Å². The Hall–Kier alpha value is -4.60. The fraction of sp³-hybridized carbons (Fsp3) is 0.386. The highest BCUT2D eigenvalue weighted by Gasteiger charge is 2.36. The summed E-state index contributed by atoms with van der Waals surface area (Å²) in [4.78, 5) is 50.6. The van der Waals surface area contributed by atoms with E-state index in [2.05, 4.69) is 0 Å². The first-order valence-corrected chi connectivity index (χ1v) is 20.9. The SMILES string of the molecule is CCCCOP(=O)(CC(CCC(=O)OCc1ccccc1)COOCc1ccccc1)CC(CCC(=O)OCc1ccccc1)C(=O)OCc1ccccc1. The molecule has 0 amide bonds. The molecule has 3 unspecified atom stereocenters. The molecule has 0 heterocycles. The molecule has 0 aromatic heterocycles. The van der Waals surface area contributed by atoms with Crippen molar-refractivity contribution in [3.8, 4) is 0 Å². The number of carbonyl (C=O) groups is 3. The zero-order chi connectivity index (χ0) is 39.0. The third-order valence-corrected chi connectivity index (χ3v) is 11.5. The van der Waals surface area contributed by atoms with E-state index in [1.807, 2.05) is 128 Å². The molecule has 0 bridgehead atoms. The fourth-order valence-corrected chi connectivity index (χ4v) is 8.60. The van der Waals surface area contributed by atoms with Gasteiger partial charge in [-0.2, -0.15) is 0 Å². The van der Waals surface area contributed by atoms with E-state index in [0.717, 1.165) is 28.7 Å². The average Bonchev–Trinajstić information content (AvgIpc) is 3.22. The van der Waals surface area contributed by atoms with Crippen molar-refractivity contribution in [3.63, 3.8) is 0 Å². The van der Waals surface area contributed by atoms with Crippen LogP contribution in [0.5, 0.6) is 0 Å². The molecule has 0 N–H and O–H groups in total. The van der Waals surface area contributed by atoms with Gasteiger partial charge in [0.25, 0.3) is 0 Å². The Morgan fingerprint density at radius 3 is 1.51 bits per heavy atom. The van der Waals surface area contributed by atoms with Gasteiger partial charge in [-0.3, -0.25) is 18.9 Å². The van der Waals surface area contributed by atoms with E-state index < -0.39 is 37.1 Å². The van der Waals surface area contributed by atoms with Gasteiger partial charge in [-0.25, -0.2) is 9.78 Å². The van der Waals surface area contributed by atoms with Gasteiger partial charge in [0, 0.05) is 25.2 Å². The van der Waals surface area contributed by atoms with E-state index in [0.29, 0.717) is 6.42 Å². The molecular formula is C44H53O10P. The number of unbranched alkanes of at least 4 members (excludes halogenated alkanes) is 1. The van der Waals surface area contributed by atoms with Crippen molar-refractivity contribution in [3.05, 3.63) is 144 Å². The summed E-state index contributed by atoms with van der Waals surface area (Å²) in [5.74, 6) is -2.85. The molecule has 0 saturated heterocycles. The molecule has 0 radical (unpaired) electrons. The van der Waals surface area contributed by atoms with Crippen molar-refractivity contribution >= 4 is 25.3 Å². The molecule has 0 aliphatic heterocycles. The number of esters is 3. The minimum Gasteiger partial charge on any atom is -0.461 e. The lowest BCUT2D eigenvalue weighted by molar-refractivity contribution is -0.309. The molecule has 0 spiro atoms. The normalized spacial score (nSPS) is 13.3. The van der Waals surface area contributed by atoms with Gasteiger partial charge >= 0.3 is 17.9 Å². The maximum absolute atomic E-state index is 14.9. The molecule has 4 aromatic rings. The molecule has 3 atom stereocenters. The predicted octanol–water partition coefficient (Wildman–Crippen LogP) is 9.25. The van der Waals surface area contributed by atoms with Crippen LogP contribution in [-0.2, 0) is 73.9 Å². The van der Waals surface area contributed by atoms with E-state index >= 15 is 0 Å². The van der Waals surface area contributed by atoms with Gasteiger partial charge in [0.15, 0.2) is 0 Å². The summed E-state index contributed by atoms with van der Waals surface area (Å²) in [6.07, 6.45) is 1.61. The average molecular weight is 773 g/mol. The Balaban J connectivity index is 1.47. The molecule has 55 heavy (non-hydrogen) atoms. The van der Waals surface area contributed by atoms with Crippen molar-refractivity contribution < 1.29 is 47.5 Å². The maximum Gasteiger partial charge on any atom is 0.309 e. The molecule has 0 fully saturated rings. The quantitative estimate of drug-likeness (QED) is 0.0152. The van der Waals surface area contributed by atoms with E-state index in [-0.39, 0.29) is 77.6 Å². The summed E-state index contributed by atoms with van der Waals surface area (Å²) in [6.45, 7) is 2.71. The highest BCUT2D eigenvalue weighted by atomic mass is 31.2. The Labute approximate surface area is 324 Å². The van der Waals surface area contributed by atoms with E-state index in [1.54, 1.807) is 0 Å². The predicted molar refractivity (Wildman–Crippen MR) is 210 cm³/mol. The van der Waals surface area contributed by atoms with Crippen LogP contribution >= 0.6 is 7.37 Å². The topological polar surface area (TPSA) is 124 Å². The van der Waals surface area contributed by atoms with E-state index in [9.17, 15) is 18.9 Å². The van der Waals surface area contributed by atoms with E-state index in [4.69, 9.17) is 28.5 Å². The second-order valence-corrected chi connectivity index (χ2v) is 16.0. The Bertz CT molecular complexity index is 1720. The minimum atomic E-state index is -3.60. The van der Waals surface area contributed by atoms with Crippen molar-refractivity contribution in [2.75, 3.05) is 25.5 Å². The molecule has 0 aliphatic rings. The largest absolute Gasteiger partial charge is 0.461 e. The fourth-order valence-electron chi connectivity index (χ4n) is 5.70. The lowest BCUT2D eigenvalue weighted by Crippen LogP contribution is -2.26. The first-order valence-electron chi connectivity index (χ1n) is 18.9. The third kappa shape index (κ3) is 17.6. The second-order valence-electron chi connectivity index (χ2n) is 13.4. The van der Waals surface area contributed by atoms with Gasteiger partial charge in [0.1, 0.15) is 26.4 Å². The van der Waals surface area contributed by atoms with Gasteiger partial charge in [-0.15, -0.1) is 0 Å². The Morgan fingerprint density at radius 2 is 1.02 bits per heavy atom. The number of rotatable bonds is 26. The third-order valence-electron chi connectivity index (χ3n) is 8.81. The number of benzene rings is 4. The van der Waals surface area contributed by atoms with Gasteiger partial charge < -0.3 is 18.7 Å². The van der Waals surface area contributed by atoms with Crippen LogP contribution in [0, 0.1) is 11.8 Å². The first-order chi connectivity index (χ1) is 26.8. The van der Waals surface area contributed by atoms with Crippen molar-refractivity contribution in [1.82, 2.24) is 0 Å². The monoisotopic (exact) mass is 772 g/mol. The Morgan fingerprint density at radius 1 is 0.564 bits per heavy atom. The maximum atomic E-state index is 14.9. The summed E-state index contributed by atoms with van der Waals surface area (Å²) >= 11 is 0. The molecular weight excluding hydrogens is 719 g/mol. The summed E-state index contributed by atoms with van der Waals surface area (Å²) in [6, 6.07) is 37.5. The number of hydrogen-bond donors (Lipinski definition) is 0. The van der Waals surface area contributed by atoms with Crippen molar-refractivity contribution in [2.24, 2.45) is 11.8 Å². The summed E-state index contributed by atoms with van der Waals surface area (Å²) < 4.78 is 37.8. The zero-order valence-electron chi connectivity index (χ0n) is 31.6. The number of hydrogen-bond acceptors (Lipinski definition) is 10. The highest BCUT2D eigenvalue weighted by molar-refractivity contribution is 7.59. The van der Waals surface area contributed by atoms with Crippen LogP contribution in [0.2, 0.25) is 0 Å². The van der Waals surface area contributed by atoms with Crippen molar-refractivity contribution in [1.29, 1.82) is 0 Å². The lowest BCUT2D eigenvalue weighted by atomic mass is 10.1.